The van der Waals surface area contributed by atoms with E-state index in [9.17, 15) is 0 Å². The van der Waals surface area contributed by atoms with Gasteiger partial charge in [0, 0.05) is 18.1 Å². The summed E-state index contributed by atoms with van der Waals surface area (Å²) in [6, 6.07) is 1.95. The van der Waals surface area contributed by atoms with Gasteiger partial charge in [-0.15, -0.1) is 0 Å². The van der Waals surface area contributed by atoms with Crippen LogP contribution in [0, 0.1) is 0 Å². The zero-order valence-electron chi connectivity index (χ0n) is 11.7. The molecular weight excluding hydrogens is 252 g/mol. The Kier molecular flexibility index (Phi) is 2.84. The smallest absolute Gasteiger partial charge is 0.182 e. The third kappa shape index (κ3) is 1.95. The van der Waals surface area contributed by atoms with Crippen LogP contribution in [0.25, 0.3) is 11.2 Å². The van der Waals surface area contributed by atoms with Crippen LogP contribution < -0.4 is 5.32 Å². The molecule has 2 aromatic rings. The van der Waals surface area contributed by atoms with E-state index in [2.05, 4.69) is 37.2 Å². The Morgan fingerprint density at radius 2 is 2.00 bits per heavy atom. The minimum atomic E-state index is 0.503. The number of fused-ring (bicyclic) bond motifs is 3. The van der Waals surface area contributed by atoms with Crippen LogP contribution in [0.15, 0.2) is 12.7 Å². The zero-order chi connectivity index (χ0) is 13.5. The summed E-state index contributed by atoms with van der Waals surface area (Å²) < 4.78 is 0. The Labute approximate surface area is 118 Å². The third-order valence-corrected chi connectivity index (χ3v) is 4.90. The monoisotopic (exact) mass is 272 g/mol. The molecule has 0 saturated carbocycles. The number of aromatic nitrogens is 4. The van der Waals surface area contributed by atoms with Crippen molar-refractivity contribution in [2.75, 3.05) is 12.4 Å². The van der Waals surface area contributed by atoms with Crippen molar-refractivity contribution in [3.8, 4) is 0 Å². The van der Waals surface area contributed by atoms with Gasteiger partial charge in [-0.1, -0.05) is 6.42 Å². The molecule has 6 nitrogen and oxygen atoms in total. The molecule has 2 unspecified atom stereocenters. The molecule has 2 aliphatic rings. The van der Waals surface area contributed by atoms with Gasteiger partial charge in [-0.05, 0) is 32.7 Å². The van der Waals surface area contributed by atoms with Crippen molar-refractivity contribution in [2.24, 2.45) is 0 Å². The Morgan fingerprint density at radius 1 is 1.20 bits per heavy atom. The highest BCUT2D eigenvalue weighted by Gasteiger charge is 2.36. The predicted molar refractivity (Wildman–Crippen MR) is 77.5 cm³/mol. The summed E-state index contributed by atoms with van der Waals surface area (Å²) in [6.45, 7) is 0. The normalized spacial score (nSPS) is 30.6. The summed E-state index contributed by atoms with van der Waals surface area (Å²) in [6.07, 6.45) is 9.70. The third-order valence-electron chi connectivity index (χ3n) is 4.90. The Morgan fingerprint density at radius 3 is 2.80 bits per heavy atom. The number of hydrogen-bond acceptors (Lipinski definition) is 5. The van der Waals surface area contributed by atoms with Crippen molar-refractivity contribution >= 4 is 17.0 Å². The standard InChI is InChI=1S/C14H20N6/c1-20-10-3-2-4-11(20)6-9(5-10)19-14-12-13(16-7-15-12)17-8-18-14/h7-11H,2-6H2,1H3,(H2,15,16,17,18,19). The van der Waals surface area contributed by atoms with Crippen LogP contribution in [0.2, 0.25) is 0 Å². The lowest BCUT2D eigenvalue weighted by Crippen LogP contribution is -2.52. The number of piperidine rings is 2. The van der Waals surface area contributed by atoms with Crippen LogP contribution in [0.3, 0.4) is 0 Å². The van der Waals surface area contributed by atoms with Crippen molar-refractivity contribution in [3.63, 3.8) is 0 Å². The lowest BCUT2D eigenvalue weighted by Gasteiger charge is -2.47. The molecule has 2 aromatic heterocycles. The number of anilines is 1. The second-order valence-electron chi connectivity index (χ2n) is 6.04. The molecule has 6 heteroatoms. The minimum absolute atomic E-state index is 0.503. The maximum atomic E-state index is 4.38. The van der Waals surface area contributed by atoms with E-state index in [1.807, 2.05) is 0 Å². The van der Waals surface area contributed by atoms with Crippen LogP contribution in [0.5, 0.6) is 0 Å². The van der Waals surface area contributed by atoms with Crippen LogP contribution in [-0.4, -0.2) is 50.0 Å². The van der Waals surface area contributed by atoms with E-state index >= 15 is 0 Å². The van der Waals surface area contributed by atoms with Gasteiger partial charge in [0.25, 0.3) is 0 Å². The number of H-pyrrole nitrogens is 1. The van der Waals surface area contributed by atoms with Crippen molar-refractivity contribution in [1.82, 2.24) is 24.8 Å². The first-order valence-electron chi connectivity index (χ1n) is 7.44. The van der Waals surface area contributed by atoms with Crippen LogP contribution >= 0.6 is 0 Å². The maximum absolute atomic E-state index is 4.38. The van der Waals surface area contributed by atoms with Gasteiger partial charge in [0.2, 0.25) is 0 Å². The molecule has 4 heterocycles. The molecule has 2 N–H and O–H groups in total. The molecule has 0 spiro atoms. The van der Waals surface area contributed by atoms with Crippen LogP contribution in [0.4, 0.5) is 5.82 Å². The average molecular weight is 272 g/mol. The summed E-state index contributed by atoms with van der Waals surface area (Å²) >= 11 is 0. The van der Waals surface area contributed by atoms with E-state index in [0.29, 0.717) is 6.04 Å². The van der Waals surface area contributed by atoms with Gasteiger partial charge in [-0.25, -0.2) is 15.0 Å². The summed E-state index contributed by atoms with van der Waals surface area (Å²) in [5.41, 5.74) is 1.65. The molecule has 0 radical (unpaired) electrons. The lowest BCUT2D eigenvalue weighted by atomic mass is 9.82. The molecule has 2 atom stereocenters. The molecule has 0 amide bonds. The second-order valence-corrected chi connectivity index (χ2v) is 6.04. The molecule has 4 rings (SSSR count). The average Bonchev–Trinajstić information content (AvgIpc) is 2.89. The second kappa shape index (κ2) is 4.70. The molecule has 0 aliphatic carbocycles. The van der Waals surface area contributed by atoms with Crippen LogP contribution in [0.1, 0.15) is 32.1 Å². The Balaban J connectivity index is 1.56. The summed E-state index contributed by atoms with van der Waals surface area (Å²) in [5, 5.41) is 3.61. The predicted octanol–water partition coefficient (Wildman–Crippen LogP) is 1.78. The number of rotatable bonds is 2. The van der Waals surface area contributed by atoms with E-state index in [4.69, 9.17) is 0 Å². The number of nitrogens with zero attached hydrogens (tertiary/aromatic N) is 4. The van der Waals surface area contributed by atoms with Gasteiger partial charge >= 0.3 is 0 Å². The summed E-state index contributed by atoms with van der Waals surface area (Å²) in [4.78, 5) is 18.4. The van der Waals surface area contributed by atoms with Gasteiger partial charge in [0.15, 0.2) is 11.5 Å². The fourth-order valence-corrected chi connectivity index (χ4v) is 3.80. The van der Waals surface area contributed by atoms with Crippen molar-refractivity contribution in [1.29, 1.82) is 0 Å². The number of nitrogens with one attached hydrogen (secondary N) is 2. The summed E-state index contributed by atoms with van der Waals surface area (Å²) in [7, 11) is 2.28. The van der Waals surface area contributed by atoms with Gasteiger partial charge in [0.05, 0.1) is 6.33 Å². The van der Waals surface area contributed by atoms with E-state index < -0.39 is 0 Å². The van der Waals surface area contributed by atoms with Crippen molar-refractivity contribution in [2.45, 2.75) is 50.2 Å². The van der Waals surface area contributed by atoms with E-state index in [0.717, 1.165) is 29.1 Å². The maximum Gasteiger partial charge on any atom is 0.182 e. The molecular formula is C14H20N6. The zero-order valence-corrected chi connectivity index (χ0v) is 11.7. The van der Waals surface area contributed by atoms with Gasteiger partial charge < -0.3 is 15.2 Å². The summed E-state index contributed by atoms with van der Waals surface area (Å²) in [5.74, 6) is 0.889. The molecule has 2 bridgehead atoms. The van der Waals surface area contributed by atoms with E-state index in [-0.39, 0.29) is 0 Å². The Bertz CT molecular complexity index is 594. The van der Waals surface area contributed by atoms with Crippen molar-refractivity contribution in [3.05, 3.63) is 12.7 Å². The highest BCUT2D eigenvalue weighted by molar-refractivity contribution is 5.82. The van der Waals surface area contributed by atoms with Gasteiger partial charge in [0.1, 0.15) is 11.8 Å². The molecule has 20 heavy (non-hydrogen) atoms. The van der Waals surface area contributed by atoms with E-state index in [1.54, 1.807) is 12.7 Å². The first-order valence-corrected chi connectivity index (χ1v) is 7.44. The number of imidazole rings is 1. The first kappa shape index (κ1) is 12.1. The topological polar surface area (TPSA) is 69.7 Å². The quantitative estimate of drug-likeness (QED) is 0.872. The van der Waals surface area contributed by atoms with Crippen molar-refractivity contribution < 1.29 is 0 Å². The number of hydrogen-bond donors (Lipinski definition) is 2. The van der Waals surface area contributed by atoms with E-state index in [1.165, 1.54) is 32.1 Å². The minimum Gasteiger partial charge on any atom is -0.365 e. The molecule has 2 fully saturated rings. The van der Waals surface area contributed by atoms with Gasteiger partial charge in [-0.2, -0.15) is 0 Å². The lowest BCUT2D eigenvalue weighted by molar-refractivity contribution is 0.0608. The molecule has 2 aliphatic heterocycles. The van der Waals surface area contributed by atoms with Crippen LogP contribution in [-0.2, 0) is 0 Å². The fraction of sp³-hybridized carbons (Fsp3) is 0.643. The highest BCUT2D eigenvalue weighted by atomic mass is 15.2. The fourth-order valence-electron chi connectivity index (χ4n) is 3.80. The molecule has 106 valence electrons. The Hall–Kier alpha value is -1.69. The number of aromatic amines is 1. The highest BCUT2D eigenvalue weighted by Crippen LogP contribution is 2.34. The molecule has 0 aromatic carbocycles. The molecule has 2 saturated heterocycles. The first-order chi connectivity index (χ1) is 9.81. The SMILES string of the molecule is CN1C2CCCC1CC(Nc1ncnc3nc[nH]c13)C2. The largest absolute Gasteiger partial charge is 0.365 e. The van der Waals surface area contributed by atoms with Gasteiger partial charge in [-0.3, -0.25) is 0 Å².